The molecule has 3 nitrogen and oxygen atoms in total. The van der Waals surface area contributed by atoms with Crippen molar-refractivity contribution in [1.29, 1.82) is 0 Å². The average Bonchev–Trinajstić information content (AvgIpc) is 2.96. The molecule has 0 aromatic carbocycles. The number of thiophene rings is 1. The first-order valence-corrected chi connectivity index (χ1v) is 7.31. The van der Waals surface area contributed by atoms with Gasteiger partial charge in [0.1, 0.15) is 5.82 Å². The zero-order valence-corrected chi connectivity index (χ0v) is 12.1. The lowest BCUT2D eigenvalue weighted by Crippen LogP contribution is -2.23. The number of H-pyrrole nitrogens is 1. The maximum absolute atomic E-state index is 4.33. The molecule has 2 N–H and O–H groups in total. The van der Waals surface area contributed by atoms with E-state index in [0.717, 1.165) is 25.2 Å². The molecule has 2 rings (SSSR count). The largest absolute Gasteiger partial charge is 0.349 e. The summed E-state index contributed by atoms with van der Waals surface area (Å²) in [5, 5.41) is 3.61. The minimum atomic E-state index is 0.369. The summed E-state index contributed by atoms with van der Waals surface area (Å²) >= 11 is 1.89. The van der Waals surface area contributed by atoms with Crippen LogP contribution in [0.25, 0.3) is 0 Å². The lowest BCUT2D eigenvalue weighted by Gasteiger charge is -2.15. The number of aryl methyl sites for hydroxylation is 2. The van der Waals surface area contributed by atoms with Crippen LogP contribution in [0.4, 0.5) is 0 Å². The number of hydrogen-bond donors (Lipinski definition) is 2. The number of nitrogens with one attached hydrogen (secondary N) is 2. The number of nitrogens with zero attached hydrogens (tertiary/aromatic N) is 1. The average molecular weight is 263 g/mol. The van der Waals surface area contributed by atoms with Gasteiger partial charge in [0, 0.05) is 34.6 Å². The van der Waals surface area contributed by atoms with Crippen molar-refractivity contribution in [1.82, 2.24) is 15.3 Å². The predicted molar refractivity (Wildman–Crippen MR) is 77.1 cm³/mol. The number of aromatic amines is 1. The van der Waals surface area contributed by atoms with E-state index in [1.807, 2.05) is 23.7 Å². The van der Waals surface area contributed by atoms with Crippen LogP contribution < -0.4 is 5.32 Å². The van der Waals surface area contributed by atoms with Gasteiger partial charge < -0.3 is 10.3 Å². The van der Waals surface area contributed by atoms with E-state index in [1.54, 1.807) is 0 Å². The molecule has 0 aliphatic heterocycles. The smallest absolute Gasteiger partial charge is 0.107 e. The molecular formula is C14H21N3S. The Kier molecular flexibility index (Phi) is 4.55. The minimum absolute atomic E-state index is 0.369. The molecule has 0 aliphatic carbocycles. The Labute approximate surface area is 113 Å². The summed E-state index contributed by atoms with van der Waals surface area (Å²) in [7, 11) is 0. The first kappa shape index (κ1) is 13.3. The molecule has 0 radical (unpaired) electrons. The van der Waals surface area contributed by atoms with Crippen molar-refractivity contribution in [2.24, 2.45) is 0 Å². The second-order valence-electron chi connectivity index (χ2n) is 4.63. The molecule has 18 heavy (non-hydrogen) atoms. The van der Waals surface area contributed by atoms with Crippen LogP contribution in [0.5, 0.6) is 0 Å². The topological polar surface area (TPSA) is 40.7 Å². The van der Waals surface area contributed by atoms with Crippen molar-refractivity contribution in [3.05, 3.63) is 39.6 Å². The zero-order chi connectivity index (χ0) is 13.0. The molecule has 1 atom stereocenters. The van der Waals surface area contributed by atoms with Crippen LogP contribution in [-0.2, 0) is 6.42 Å². The molecule has 1 unspecified atom stereocenters. The van der Waals surface area contributed by atoms with Gasteiger partial charge in [-0.25, -0.2) is 4.98 Å². The molecule has 2 aromatic rings. The number of imidazole rings is 1. The van der Waals surface area contributed by atoms with Gasteiger partial charge in [0.05, 0.1) is 0 Å². The summed E-state index contributed by atoms with van der Waals surface area (Å²) in [6, 6.07) is 2.67. The highest BCUT2D eigenvalue weighted by molar-refractivity contribution is 7.12. The van der Waals surface area contributed by atoms with Gasteiger partial charge in [-0.15, -0.1) is 11.3 Å². The van der Waals surface area contributed by atoms with Crippen LogP contribution in [0.1, 0.15) is 40.5 Å². The van der Waals surface area contributed by atoms with E-state index >= 15 is 0 Å². The van der Waals surface area contributed by atoms with Crippen LogP contribution in [0.15, 0.2) is 18.5 Å². The fourth-order valence-electron chi connectivity index (χ4n) is 1.97. The van der Waals surface area contributed by atoms with Gasteiger partial charge in [0.15, 0.2) is 0 Å². The summed E-state index contributed by atoms with van der Waals surface area (Å²) in [6.07, 6.45) is 5.78. The van der Waals surface area contributed by atoms with Crippen molar-refractivity contribution in [2.75, 3.05) is 6.54 Å². The first-order chi connectivity index (χ1) is 8.70. The molecule has 0 saturated heterocycles. The maximum atomic E-state index is 4.33. The second kappa shape index (κ2) is 6.16. The fraction of sp³-hybridized carbons (Fsp3) is 0.500. The van der Waals surface area contributed by atoms with Crippen LogP contribution in [0, 0.1) is 13.8 Å². The van der Waals surface area contributed by atoms with Gasteiger partial charge in [-0.05, 0) is 38.4 Å². The van der Waals surface area contributed by atoms with Crippen molar-refractivity contribution < 1.29 is 0 Å². The van der Waals surface area contributed by atoms with Crippen LogP contribution >= 0.6 is 11.3 Å². The van der Waals surface area contributed by atoms with Gasteiger partial charge in [-0.1, -0.05) is 6.92 Å². The van der Waals surface area contributed by atoms with E-state index in [1.165, 1.54) is 15.3 Å². The van der Waals surface area contributed by atoms with Crippen molar-refractivity contribution in [2.45, 2.75) is 39.7 Å². The van der Waals surface area contributed by atoms with Gasteiger partial charge >= 0.3 is 0 Å². The maximum Gasteiger partial charge on any atom is 0.107 e. The standard InChI is InChI=1S/C14H21N3S/c1-4-5-15-12(9-14-16-6-7-17-14)13-8-10(2)11(3)18-13/h6-8,12,15H,4-5,9H2,1-3H3,(H,16,17). The second-order valence-corrected chi connectivity index (χ2v) is 5.92. The summed E-state index contributed by atoms with van der Waals surface area (Å²) in [4.78, 5) is 10.3. The van der Waals surface area contributed by atoms with Crippen LogP contribution in [0.2, 0.25) is 0 Å². The number of aromatic nitrogens is 2. The molecule has 2 aromatic heterocycles. The van der Waals surface area contributed by atoms with Crippen molar-refractivity contribution in [3.8, 4) is 0 Å². The Morgan fingerprint density at radius 2 is 2.28 bits per heavy atom. The van der Waals surface area contributed by atoms with Crippen LogP contribution in [-0.4, -0.2) is 16.5 Å². The quantitative estimate of drug-likeness (QED) is 0.839. The molecule has 0 amide bonds. The van der Waals surface area contributed by atoms with E-state index in [0.29, 0.717) is 6.04 Å². The monoisotopic (exact) mass is 263 g/mol. The molecule has 0 aliphatic rings. The molecule has 0 saturated carbocycles. The van der Waals surface area contributed by atoms with Crippen LogP contribution in [0.3, 0.4) is 0 Å². The zero-order valence-electron chi connectivity index (χ0n) is 11.3. The van der Waals surface area contributed by atoms with Gasteiger partial charge in [-0.3, -0.25) is 0 Å². The lowest BCUT2D eigenvalue weighted by atomic mass is 10.1. The SMILES string of the molecule is CCCNC(Cc1ncc[nH]1)c1cc(C)c(C)s1. The Bertz CT molecular complexity index is 454. The van der Waals surface area contributed by atoms with Gasteiger partial charge in [0.25, 0.3) is 0 Å². The van der Waals surface area contributed by atoms with E-state index in [2.05, 4.69) is 42.1 Å². The summed E-state index contributed by atoms with van der Waals surface area (Å²) in [5.74, 6) is 1.05. The molecule has 98 valence electrons. The summed E-state index contributed by atoms with van der Waals surface area (Å²) in [5.41, 5.74) is 1.39. The summed E-state index contributed by atoms with van der Waals surface area (Å²) < 4.78 is 0. The third-order valence-electron chi connectivity index (χ3n) is 3.12. The minimum Gasteiger partial charge on any atom is -0.349 e. The van der Waals surface area contributed by atoms with E-state index < -0.39 is 0 Å². The highest BCUT2D eigenvalue weighted by Gasteiger charge is 2.15. The van der Waals surface area contributed by atoms with E-state index in [9.17, 15) is 0 Å². The van der Waals surface area contributed by atoms with Gasteiger partial charge in [-0.2, -0.15) is 0 Å². The lowest BCUT2D eigenvalue weighted by molar-refractivity contribution is 0.527. The Morgan fingerprint density at radius 1 is 1.44 bits per heavy atom. The molecule has 0 bridgehead atoms. The van der Waals surface area contributed by atoms with Gasteiger partial charge in [0.2, 0.25) is 0 Å². The Balaban J connectivity index is 2.13. The number of rotatable bonds is 6. The van der Waals surface area contributed by atoms with Crippen molar-refractivity contribution in [3.63, 3.8) is 0 Å². The summed E-state index contributed by atoms with van der Waals surface area (Å²) in [6.45, 7) is 7.61. The third kappa shape index (κ3) is 3.21. The highest BCUT2D eigenvalue weighted by atomic mass is 32.1. The van der Waals surface area contributed by atoms with Crippen molar-refractivity contribution >= 4 is 11.3 Å². The highest BCUT2D eigenvalue weighted by Crippen LogP contribution is 2.28. The molecule has 2 heterocycles. The third-order valence-corrected chi connectivity index (χ3v) is 4.39. The Hall–Kier alpha value is -1.13. The normalized spacial score (nSPS) is 12.8. The molecule has 4 heteroatoms. The Morgan fingerprint density at radius 3 is 2.83 bits per heavy atom. The van der Waals surface area contributed by atoms with E-state index in [-0.39, 0.29) is 0 Å². The number of hydrogen-bond acceptors (Lipinski definition) is 3. The predicted octanol–water partition coefficient (Wildman–Crippen LogP) is 3.37. The molecular weight excluding hydrogens is 242 g/mol. The molecule has 0 fully saturated rings. The fourth-order valence-corrected chi connectivity index (χ4v) is 3.09. The molecule has 0 spiro atoms. The van der Waals surface area contributed by atoms with E-state index in [4.69, 9.17) is 0 Å². The first-order valence-electron chi connectivity index (χ1n) is 6.49.